The molecule has 1 unspecified atom stereocenters. The highest BCUT2D eigenvalue weighted by Gasteiger charge is 2.44. The fourth-order valence-electron chi connectivity index (χ4n) is 2.50. The first-order valence-electron chi connectivity index (χ1n) is 6.21. The van der Waals surface area contributed by atoms with Gasteiger partial charge in [0.25, 0.3) is 0 Å². The van der Waals surface area contributed by atoms with Crippen LogP contribution in [0.15, 0.2) is 37.2 Å². The normalized spacial score (nSPS) is 25.2. The van der Waals surface area contributed by atoms with Crippen molar-refractivity contribution < 1.29 is 9.63 Å². The van der Waals surface area contributed by atoms with E-state index in [9.17, 15) is 4.79 Å². The van der Waals surface area contributed by atoms with E-state index in [2.05, 4.69) is 11.6 Å². The van der Waals surface area contributed by atoms with Crippen LogP contribution in [-0.4, -0.2) is 44.7 Å². The van der Waals surface area contributed by atoms with Crippen LogP contribution in [0.1, 0.15) is 11.9 Å². The van der Waals surface area contributed by atoms with Gasteiger partial charge in [-0.2, -0.15) is 5.06 Å². The lowest BCUT2D eigenvalue weighted by molar-refractivity contribution is -0.107. The van der Waals surface area contributed by atoms with Gasteiger partial charge < -0.3 is 9.47 Å². The SMILES string of the molecule is C=CCON1C(=O)N2CC1C=C[C@H]2c1nccn1C. The predicted octanol–water partition coefficient (Wildman–Crippen LogP) is 1.25. The largest absolute Gasteiger partial charge is 0.345 e. The maximum atomic E-state index is 12.3. The third kappa shape index (κ3) is 1.84. The molecule has 0 radical (unpaired) electrons. The second-order valence-corrected chi connectivity index (χ2v) is 4.64. The molecule has 0 N–H and O–H groups in total. The van der Waals surface area contributed by atoms with Crippen LogP contribution in [0.3, 0.4) is 0 Å². The van der Waals surface area contributed by atoms with Crippen molar-refractivity contribution in [3.05, 3.63) is 43.0 Å². The zero-order valence-corrected chi connectivity index (χ0v) is 10.8. The summed E-state index contributed by atoms with van der Waals surface area (Å²) in [5, 5.41) is 1.42. The number of rotatable bonds is 4. The molecule has 1 fully saturated rings. The maximum absolute atomic E-state index is 12.3. The summed E-state index contributed by atoms with van der Waals surface area (Å²) in [5.74, 6) is 0.855. The highest BCUT2D eigenvalue weighted by Crippen LogP contribution is 2.32. The van der Waals surface area contributed by atoms with Crippen molar-refractivity contribution in [1.29, 1.82) is 0 Å². The van der Waals surface area contributed by atoms with Crippen LogP contribution >= 0.6 is 0 Å². The van der Waals surface area contributed by atoms with Crippen LogP contribution in [-0.2, 0) is 11.9 Å². The maximum Gasteiger partial charge on any atom is 0.345 e. The Labute approximate surface area is 111 Å². The molecule has 3 rings (SSSR count). The van der Waals surface area contributed by atoms with E-state index in [1.165, 1.54) is 5.06 Å². The second kappa shape index (κ2) is 4.55. The van der Waals surface area contributed by atoms with Gasteiger partial charge in [-0.1, -0.05) is 18.2 Å². The smallest absolute Gasteiger partial charge is 0.336 e. The van der Waals surface area contributed by atoms with Crippen molar-refractivity contribution in [2.45, 2.75) is 12.1 Å². The quantitative estimate of drug-likeness (QED) is 0.766. The van der Waals surface area contributed by atoms with Crippen LogP contribution in [0.25, 0.3) is 0 Å². The summed E-state index contributed by atoms with van der Waals surface area (Å²) in [7, 11) is 1.93. The zero-order valence-electron chi connectivity index (χ0n) is 10.8. The summed E-state index contributed by atoms with van der Waals surface area (Å²) in [6, 6.07) is -0.269. The van der Waals surface area contributed by atoms with Crippen molar-refractivity contribution in [2.24, 2.45) is 7.05 Å². The van der Waals surface area contributed by atoms with Crippen molar-refractivity contribution in [2.75, 3.05) is 13.2 Å². The van der Waals surface area contributed by atoms with Gasteiger partial charge in [0, 0.05) is 19.4 Å². The molecular weight excluding hydrogens is 244 g/mol. The van der Waals surface area contributed by atoms with Gasteiger partial charge in [0.15, 0.2) is 0 Å². The van der Waals surface area contributed by atoms with E-state index in [0.29, 0.717) is 13.2 Å². The van der Waals surface area contributed by atoms with Gasteiger partial charge in [0.1, 0.15) is 11.9 Å². The van der Waals surface area contributed by atoms with Gasteiger partial charge in [-0.15, -0.1) is 6.58 Å². The van der Waals surface area contributed by atoms with Crippen LogP contribution < -0.4 is 0 Å². The Bertz CT molecular complexity index is 537. The number of nitrogens with zero attached hydrogens (tertiary/aromatic N) is 4. The molecule has 3 heterocycles. The Morgan fingerprint density at radius 3 is 3.11 bits per heavy atom. The Kier molecular flexibility index (Phi) is 2.87. The number of imidazole rings is 1. The number of hydroxylamine groups is 2. The van der Waals surface area contributed by atoms with Crippen molar-refractivity contribution in [1.82, 2.24) is 19.5 Å². The summed E-state index contributed by atoms with van der Waals surface area (Å²) < 4.78 is 1.93. The van der Waals surface area contributed by atoms with Crippen LogP contribution in [0, 0.1) is 0 Å². The summed E-state index contributed by atoms with van der Waals surface area (Å²) >= 11 is 0. The van der Waals surface area contributed by atoms with E-state index in [1.54, 1.807) is 17.2 Å². The first-order valence-corrected chi connectivity index (χ1v) is 6.21. The van der Waals surface area contributed by atoms with Crippen molar-refractivity contribution in [3.8, 4) is 0 Å². The lowest BCUT2D eigenvalue weighted by Crippen LogP contribution is -2.34. The van der Waals surface area contributed by atoms with Crippen LogP contribution in [0.2, 0.25) is 0 Å². The molecule has 19 heavy (non-hydrogen) atoms. The molecule has 2 aliphatic rings. The Morgan fingerprint density at radius 1 is 1.58 bits per heavy atom. The summed E-state index contributed by atoms with van der Waals surface area (Å²) in [4.78, 5) is 23.8. The first-order chi connectivity index (χ1) is 9.22. The van der Waals surface area contributed by atoms with E-state index in [0.717, 1.165) is 5.82 Å². The van der Waals surface area contributed by atoms with Gasteiger partial charge in [0.2, 0.25) is 0 Å². The van der Waals surface area contributed by atoms with E-state index >= 15 is 0 Å². The number of amides is 2. The molecule has 0 saturated carbocycles. The summed E-state index contributed by atoms with van der Waals surface area (Å²) in [6.07, 6.45) is 9.25. The number of urea groups is 1. The zero-order chi connectivity index (χ0) is 13.4. The van der Waals surface area contributed by atoms with E-state index in [-0.39, 0.29) is 18.1 Å². The Balaban J connectivity index is 1.85. The molecule has 2 bridgehead atoms. The minimum Gasteiger partial charge on any atom is -0.336 e. The molecule has 1 aromatic heterocycles. The number of hydrogen-bond donors (Lipinski definition) is 0. The average molecular weight is 260 g/mol. The first kappa shape index (κ1) is 12.0. The molecule has 100 valence electrons. The molecule has 2 atom stereocenters. The highest BCUT2D eigenvalue weighted by molar-refractivity contribution is 5.78. The fraction of sp³-hybridized carbons (Fsp3) is 0.385. The molecule has 0 aliphatic carbocycles. The van der Waals surface area contributed by atoms with Gasteiger partial charge in [-0.3, -0.25) is 4.84 Å². The van der Waals surface area contributed by atoms with Gasteiger partial charge in [-0.05, 0) is 0 Å². The van der Waals surface area contributed by atoms with Crippen molar-refractivity contribution in [3.63, 3.8) is 0 Å². The number of aromatic nitrogens is 2. The van der Waals surface area contributed by atoms with E-state index in [1.807, 2.05) is 30.0 Å². The van der Waals surface area contributed by atoms with Gasteiger partial charge in [-0.25, -0.2) is 9.78 Å². The monoisotopic (exact) mass is 260 g/mol. The highest BCUT2D eigenvalue weighted by atomic mass is 16.7. The van der Waals surface area contributed by atoms with Crippen LogP contribution in [0.4, 0.5) is 4.79 Å². The van der Waals surface area contributed by atoms with Crippen molar-refractivity contribution >= 4 is 6.03 Å². The molecule has 6 heteroatoms. The predicted molar refractivity (Wildman–Crippen MR) is 69.0 cm³/mol. The topological polar surface area (TPSA) is 50.6 Å². The number of hydrogen-bond acceptors (Lipinski definition) is 3. The third-order valence-electron chi connectivity index (χ3n) is 3.43. The van der Waals surface area contributed by atoms with Gasteiger partial charge in [0.05, 0.1) is 19.2 Å². The van der Waals surface area contributed by atoms with E-state index in [4.69, 9.17) is 4.84 Å². The molecule has 2 aliphatic heterocycles. The lowest BCUT2D eigenvalue weighted by Gasteiger charge is -2.25. The molecule has 1 saturated heterocycles. The number of carbonyl (C=O) groups is 1. The lowest BCUT2D eigenvalue weighted by atomic mass is 10.1. The third-order valence-corrected chi connectivity index (χ3v) is 3.43. The minimum atomic E-state index is -0.124. The second-order valence-electron chi connectivity index (χ2n) is 4.64. The molecule has 0 aromatic carbocycles. The number of fused-ring (bicyclic) bond motifs is 2. The van der Waals surface area contributed by atoms with Gasteiger partial charge >= 0.3 is 6.03 Å². The Hall–Kier alpha value is -2.08. The molecular formula is C13H16N4O2. The molecule has 1 aromatic rings. The summed E-state index contributed by atoms with van der Waals surface area (Å²) in [6.45, 7) is 4.55. The fourth-order valence-corrected chi connectivity index (χ4v) is 2.50. The Morgan fingerprint density at radius 2 is 2.42 bits per heavy atom. The molecule has 6 nitrogen and oxygen atoms in total. The van der Waals surface area contributed by atoms with Crippen LogP contribution in [0.5, 0.6) is 0 Å². The van der Waals surface area contributed by atoms with E-state index < -0.39 is 0 Å². The standard InChI is InChI=1S/C13H16N4O2/c1-3-8-19-17-10-4-5-11(16(9-10)13(17)18)12-14-6-7-15(12)2/h3-7,10-11H,1,8-9H2,2H3/t10?,11-/m0/s1. The minimum absolute atomic E-state index is 0.0241. The number of aryl methyl sites for hydroxylation is 1. The number of carbonyl (C=O) groups excluding carboxylic acids is 1. The molecule has 0 spiro atoms. The summed E-state index contributed by atoms with van der Waals surface area (Å²) in [5.41, 5.74) is 0. The average Bonchev–Trinajstić information content (AvgIpc) is 2.93. The molecule has 2 amide bonds.